The molecule has 0 amide bonds. The fourth-order valence-corrected chi connectivity index (χ4v) is 1.50. The smallest absolute Gasteiger partial charge is 0.213 e. The molecule has 1 aromatic carbocycles. The summed E-state index contributed by atoms with van der Waals surface area (Å²) in [7, 11) is 3.03. The predicted octanol–water partition coefficient (Wildman–Crippen LogP) is 1.62. The molecule has 4 nitrogen and oxygen atoms in total. The van der Waals surface area contributed by atoms with Crippen LogP contribution < -0.4 is 9.47 Å². The van der Waals surface area contributed by atoms with E-state index in [-0.39, 0.29) is 12.3 Å². The van der Waals surface area contributed by atoms with Crippen molar-refractivity contribution in [1.29, 1.82) is 0 Å². The van der Waals surface area contributed by atoms with Gasteiger partial charge in [-0.25, -0.2) is 0 Å². The highest BCUT2D eigenvalue weighted by Crippen LogP contribution is 2.27. The Bertz CT molecular complexity index is 429. The lowest BCUT2D eigenvalue weighted by Crippen LogP contribution is -2.17. The molecule has 92 valence electrons. The van der Waals surface area contributed by atoms with Crippen LogP contribution in [0, 0.1) is 0 Å². The Labute approximate surface area is 104 Å². The number of Topliss-reactive ketones (excluding diaryl/α,β-unsaturated/α-hetero) is 2. The Morgan fingerprint density at radius 2 is 1.76 bits per heavy atom. The molecule has 0 heterocycles. The minimum absolute atomic E-state index is 0.0197. The van der Waals surface area contributed by atoms with Crippen molar-refractivity contribution in [3.63, 3.8) is 0 Å². The number of ketones is 2. The normalized spacial score (nSPS) is 9.82. The van der Waals surface area contributed by atoms with Crippen molar-refractivity contribution in [1.82, 2.24) is 0 Å². The van der Waals surface area contributed by atoms with Crippen molar-refractivity contribution in [2.24, 2.45) is 0 Å². The number of ether oxygens (including phenoxy) is 2. The van der Waals surface area contributed by atoms with Gasteiger partial charge in [0.05, 0.1) is 20.1 Å². The number of alkyl halides is 1. The highest BCUT2D eigenvalue weighted by molar-refractivity contribution is 6.47. The van der Waals surface area contributed by atoms with Crippen LogP contribution in [0.2, 0.25) is 0 Å². The van der Waals surface area contributed by atoms with Gasteiger partial charge in [0.2, 0.25) is 11.6 Å². The van der Waals surface area contributed by atoms with Crippen LogP contribution in [-0.4, -0.2) is 31.7 Å². The fraction of sp³-hybridized carbons (Fsp3) is 0.333. The summed E-state index contributed by atoms with van der Waals surface area (Å²) in [5.41, 5.74) is 0.686. The number of carbonyl (C=O) groups is 2. The number of hydrogen-bond acceptors (Lipinski definition) is 4. The summed E-state index contributed by atoms with van der Waals surface area (Å²) < 4.78 is 10.2. The maximum atomic E-state index is 11.4. The second kappa shape index (κ2) is 6.25. The van der Waals surface area contributed by atoms with Crippen molar-refractivity contribution in [3.8, 4) is 11.5 Å². The largest absolute Gasteiger partial charge is 0.493 e. The van der Waals surface area contributed by atoms with Crippen LogP contribution in [0.5, 0.6) is 11.5 Å². The van der Waals surface area contributed by atoms with E-state index >= 15 is 0 Å². The SMILES string of the molecule is COc1ccc(CC(=O)C(=O)CCl)cc1OC. The summed E-state index contributed by atoms with van der Waals surface area (Å²) >= 11 is 5.30. The standard InChI is InChI=1S/C12H13ClO4/c1-16-11-4-3-8(6-12(11)17-2)5-9(14)10(15)7-13/h3-4,6H,5,7H2,1-2H3. The summed E-state index contributed by atoms with van der Waals surface area (Å²) in [6, 6.07) is 5.06. The first-order valence-electron chi connectivity index (χ1n) is 4.95. The third-order valence-corrected chi connectivity index (χ3v) is 2.49. The van der Waals surface area contributed by atoms with Gasteiger partial charge in [0.1, 0.15) is 0 Å². The molecule has 0 bridgehead atoms. The van der Waals surface area contributed by atoms with Gasteiger partial charge in [-0.15, -0.1) is 11.6 Å². The molecule has 1 aromatic rings. The Kier molecular flexibility index (Phi) is 4.97. The van der Waals surface area contributed by atoms with Crippen LogP contribution >= 0.6 is 11.6 Å². The number of hydrogen-bond donors (Lipinski definition) is 0. The lowest BCUT2D eigenvalue weighted by atomic mass is 10.1. The molecule has 0 fully saturated rings. The molecule has 0 spiro atoms. The summed E-state index contributed by atoms with van der Waals surface area (Å²) in [6.45, 7) is 0. The van der Waals surface area contributed by atoms with E-state index in [1.807, 2.05) is 0 Å². The third kappa shape index (κ3) is 3.46. The molecule has 0 saturated carbocycles. The maximum Gasteiger partial charge on any atom is 0.213 e. The van der Waals surface area contributed by atoms with Crippen molar-refractivity contribution in [2.75, 3.05) is 20.1 Å². The Morgan fingerprint density at radius 3 is 2.29 bits per heavy atom. The summed E-state index contributed by atoms with van der Waals surface area (Å²) in [5.74, 6) is -0.274. The topological polar surface area (TPSA) is 52.6 Å². The number of methoxy groups -OCH3 is 2. The second-order valence-electron chi connectivity index (χ2n) is 3.35. The van der Waals surface area contributed by atoms with Crippen molar-refractivity contribution in [2.45, 2.75) is 6.42 Å². The van der Waals surface area contributed by atoms with E-state index in [0.717, 1.165) is 0 Å². The average Bonchev–Trinajstić information content (AvgIpc) is 2.37. The minimum atomic E-state index is -0.582. The lowest BCUT2D eigenvalue weighted by Gasteiger charge is -2.08. The molecule has 0 atom stereocenters. The summed E-state index contributed by atoms with van der Waals surface area (Å²) in [6.07, 6.45) is 0.0197. The first kappa shape index (κ1) is 13.5. The molecular formula is C12H13ClO4. The van der Waals surface area contributed by atoms with E-state index in [0.29, 0.717) is 17.1 Å². The van der Waals surface area contributed by atoms with Gasteiger partial charge < -0.3 is 9.47 Å². The van der Waals surface area contributed by atoms with Gasteiger partial charge >= 0.3 is 0 Å². The maximum absolute atomic E-state index is 11.4. The van der Waals surface area contributed by atoms with E-state index in [4.69, 9.17) is 21.1 Å². The molecule has 0 aliphatic heterocycles. The van der Waals surface area contributed by atoms with Crippen molar-refractivity contribution < 1.29 is 19.1 Å². The molecule has 5 heteroatoms. The van der Waals surface area contributed by atoms with E-state index in [1.54, 1.807) is 18.2 Å². The molecule has 0 aromatic heterocycles. The van der Waals surface area contributed by atoms with Crippen LogP contribution in [0.3, 0.4) is 0 Å². The fourth-order valence-electron chi connectivity index (χ4n) is 1.35. The van der Waals surface area contributed by atoms with Crippen LogP contribution in [0.15, 0.2) is 18.2 Å². The quantitative estimate of drug-likeness (QED) is 0.573. The molecule has 0 aliphatic rings. The Morgan fingerprint density at radius 1 is 1.12 bits per heavy atom. The van der Waals surface area contributed by atoms with E-state index < -0.39 is 11.6 Å². The van der Waals surface area contributed by atoms with Gasteiger partial charge in [0, 0.05) is 6.42 Å². The number of carbonyl (C=O) groups excluding carboxylic acids is 2. The van der Waals surface area contributed by atoms with Gasteiger partial charge in [-0.1, -0.05) is 6.07 Å². The zero-order valence-corrected chi connectivity index (χ0v) is 10.4. The number of halogens is 1. The molecule has 17 heavy (non-hydrogen) atoms. The van der Waals surface area contributed by atoms with E-state index in [1.165, 1.54) is 14.2 Å². The monoisotopic (exact) mass is 256 g/mol. The molecule has 0 aliphatic carbocycles. The van der Waals surface area contributed by atoms with Crippen LogP contribution in [0.1, 0.15) is 5.56 Å². The number of rotatable bonds is 6. The van der Waals surface area contributed by atoms with Gasteiger partial charge in [-0.3, -0.25) is 9.59 Å². The summed E-state index contributed by atoms with van der Waals surface area (Å²) in [5, 5.41) is 0. The molecule has 0 unspecified atom stereocenters. The first-order valence-corrected chi connectivity index (χ1v) is 5.48. The first-order chi connectivity index (χ1) is 8.12. The van der Waals surface area contributed by atoms with Crippen LogP contribution in [-0.2, 0) is 16.0 Å². The summed E-state index contributed by atoms with van der Waals surface area (Å²) in [4.78, 5) is 22.4. The second-order valence-corrected chi connectivity index (χ2v) is 3.61. The van der Waals surface area contributed by atoms with E-state index in [9.17, 15) is 9.59 Å². The molecule has 0 N–H and O–H groups in total. The van der Waals surface area contributed by atoms with Gasteiger partial charge in [0.15, 0.2) is 11.5 Å². The zero-order valence-electron chi connectivity index (χ0n) is 9.66. The van der Waals surface area contributed by atoms with Crippen LogP contribution in [0.4, 0.5) is 0 Å². The molecule has 0 saturated heterocycles. The Hall–Kier alpha value is -1.55. The molecule has 0 radical (unpaired) electrons. The van der Waals surface area contributed by atoms with Crippen LogP contribution in [0.25, 0.3) is 0 Å². The van der Waals surface area contributed by atoms with Gasteiger partial charge in [-0.05, 0) is 17.7 Å². The highest BCUT2D eigenvalue weighted by Gasteiger charge is 2.14. The predicted molar refractivity (Wildman–Crippen MR) is 64.0 cm³/mol. The minimum Gasteiger partial charge on any atom is -0.493 e. The molecule has 1 rings (SSSR count). The zero-order chi connectivity index (χ0) is 12.8. The number of benzene rings is 1. The highest BCUT2D eigenvalue weighted by atomic mass is 35.5. The van der Waals surface area contributed by atoms with Gasteiger partial charge in [-0.2, -0.15) is 0 Å². The molecular weight excluding hydrogens is 244 g/mol. The lowest BCUT2D eigenvalue weighted by molar-refractivity contribution is -0.134. The van der Waals surface area contributed by atoms with E-state index in [2.05, 4.69) is 0 Å². The Balaban J connectivity index is 2.86. The third-order valence-electron chi connectivity index (χ3n) is 2.25. The van der Waals surface area contributed by atoms with Crippen molar-refractivity contribution in [3.05, 3.63) is 23.8 Å². The average molecular weight is 257 g/mol. The van der Waals surface area contributed by atoms with Crippen molar-refractivity contribution >= 4 is 23.2 Å². The van der Waals surface area contributed by atoms with Gasteiger partial charge in [0.25, 0.3) is 0 Å².